The van der Waals surface area contributed by atoms with Gasteiger partial charge in [-0.05, 0) is 87.5 Å². The maximum absolute atomic E-state index is 11.6. The number of fused-ring (bicyclic) bond motifs is 4. The van der Waals surface area contributed by atoms with Crippen LogP contribution in [0.4, 0.5) is 0 Å². The zero-order valence-electron chi connectivity index (χ0n) is 24.1. The summed E-state index contributed by atoms with van der Waals surface area (Å²) in [7, 11) is 0. The van der Waals surface area contributed by atoms with Gasteiger partial charge in [-0.25, -0.2) is 0 Å². The highest BCUT2D eigenvalue weighted by atomic mass is 16.6. The maximum Gasteiger partial charge on any atom is 0.213 e. The molecule has 6 unspecified atom stereocenters. The normalized spacial score (nSPS) is 44.1. The van der Waals surface area contributed by atoms with Crippen LogP contribution in [0.1, 0.15) is 117 Å². The van der Waals surface area contributed by atoms with Crippen LogP contribution < -0.4 is 0 Å². The average Bonchev–Trinajstić information content (AvgIpc) is 3.13. The van der Waals surface area contributed by atoms with Crippen molar-refractivity contribution in [2.24, 2.45) is 35.0 Å². The van der Waals surface area contributed by atoms with Crippen molar-refractivity contribution >= 4 is 0 Å². The minimum Gasteiger partial charge on any atom is -0.353 e. The molecular weight excluding hydrogens is 472 g/mol. The molecule has 212 valence electrons. The Morgan fingerprint density at radius 3 is 2.13 bits per heavy atom. The SMILES string of the molecule is CC1(C)C2CCCCC2N2CC3CC([N+](=O)[O-])CCC3OC21/C=C/C1CCC(/C=C/C2CCCCC2)CC1. The van der Waals surface area contributed by atoms with Crippen molar-refractivity contribution in [3.05, 3.63) is 34.4 Å². The van der Waals surface area contributed by atoms with Gasteiger partial charge in [-0.2, -0.15) is 0 Å². The summed E-state index contributed by atoms with van der Waals surface area (Å²) in [5.41, 5.74) is -0.299. The lowest BCUT2D eigenvalue weighted by Crippen LogP contribution is -2.63. The molecule has 6 atom stereocenters. The van der Waals surface area contributed by atoms with Crippen LogP contribution in [0.15, 0.2) is 24.3 Å². The van der Waals surface area contributed by atoms with E-state index in [4.69, 9.17) is 4.74 Å². The summed E-state index contributed by atoms with van der Waals surface area (Å²) in [6.07, 6.45) is 30.0. The molecule has 2 heterocycles. The summed E-state index contributed by atoms with van der Waals surface area (Å²) < 4.78 is 7.26. The number of rotatable bonds is 5. The molecule has 4 saturated carbocycles. The topological polar surface area (TPSA) is 55.6 Å². The second-order valence-electron chi connectivity index (χ2n) is 14.5. The number of nitrogens with zero attached hydrogens (tertiary/aromatic N) is 2. The van der Waals surface area contributed by atoms with Crippen molar-refractivity contribution in [3.8, 4) is 0 Å². The van der Waals surface area contributed by atoms with Gasteiger partial charge < -0.3 is 4.74 Å². The van der Waals surface area contributed by atoms with Gasteiger partial charge in [0.25, 0.3) is 0 Å². The van der Waals surface area contributed by atoms with E-state index in [1.807, 2.05) is 0 Å². The summed E-state index contributed by atoms with van der Waals surface area (Å²) in [6, 6.07) is 0.170. The first kappa shape index (κ1) is 27.0. The van der Waals surface area contributed by atoms with Gasteiger partial charge in [0, 0.05) is 41.7 Å². The Hall–Kier alpha value is -1.20. The Bertz CT molecular complexity index is 900. The molecule has 0 bridgehead atoms. The third-order valence-corrected chi connectivity index (χ3v) is 12.1. The highest BCUT2D eigenvalue weighted by molar-refractivity contribution is 5.22. The van der Waals surface area contributed by atoms with Gasteiger partial charge >= 0.3 is 0 Å². The van der Waals surface area contributed by atoms with E-state index in [9.17, 15) is 10.1 Å². The van der Waals surface area contributed by atoms with Crippen LogP contribution in [-0.4, -0.2) is 40.3 Å². The van der Waals surface area contributed by atoms with Gasteiger partial charge in [0.15, 0.2) is 0 Å². The fourth-order valence-corrected chi connectivity index (χ4v) is 9.72. The van der Waals surface area contributed by atoms with Crippen LogP contribution in [0.2, 0.25) is 0 Å². The Balaban J connectivity index is 1.17. The number of hydrogen-bond acceptors (Lipinski definition) is 4. The molecule has 6 fully saturated rings. The molecule has 6 aliphatic rings. The minimum atomic E-state index is -0.386. The zero-order chi connectivity index (χ0) is 26.3. The molecule has 6 rings (SSSR count). The first-order valence-electron chi connectivity index (χ1n) is 16.3. The van der Waals surface area contributed by atoms with E-state index in [2.05, 4.69) is 43.1 Å². The molecule has 0 aromatic carbocycles. The molecule has 0 N–H and O–H groups in total. The Kier molecular flexibility index (Phi) is 7.81. The predicted octanol–water partition coefficient (Wildman–Crippen LogP) is 7.93. The quantitative estimate of drug-likeness (QED) is 0.208. The summed E-state index contributed by atoms with van der Waals surface area (Å²) in [4.78, 5) is 14.3. The van der Waals surface area contributed by atoms with E-state index in [0.29, 0.717) is 36.6 Å². The van der Waals surface area contributed by atoms with Gasteiger partial charge in [-0.15, -0.1) is 0 Å². The maximum atomic E-state index is 11.6. The van der Waals surface area contributed by atoms with Crippen LogP contribution in [0.3, 0.4) is 0 Å². The molecule has 4 aliphatic carbocycles. The molecule has 5 heteroatoms. The first-order chi connectivity index (χ1) is 18.4. The lowest BCUT2D eigenvalue weighted by Gasteiger charge is -2.55. The summed E-state index contributed by atoms with van der Waals surface area (Å²) >= 11 is 0. The average molecular weight is 525 g/mol. The van der Waals surface area contributed by atoms with Crippen LogP contribution in [0.5, 0.6) is 0 Å². The molecule has 5 nitrogen and oxygen atoms in total. The minimum absolute atomic E-state index is 0.0317. The molecule has 0 aromatic heterocycles. The number of ether oxygens (including phenoxy) is 1. The summed E-state index contributed by atoms with van der Waals surface area (Å²) in [6.45, 7) is 5.91. The van der Waals surface area contributed by atoms with E-state index in [0.717, 1.165) is 24.8 Å². The second kappa shape index (κ2) is 11.0. The van der Waals surface area contributed by atoms with Crippen molar-refractivity contribution in [2.75, 3.05) is 6.54 Å². The first-order valence-corrected chi connectivity index (χ1v) is 16.3. The Morgan fingerprint density at radius 1 is 0.789 bits per heavy atom. The molecule has 38 heavy (non-hydrogen) atoms. The fourth-order valence-electron chi connectivity index (χ4n) is 9.72. The molecular formula is C33H52N2O3. The second-order valence-corrected chi connectivity index (χ2v) is 14.5. The summed E-state index contributed by atoms with van der Waals surface area (Å²) in [5.74, 6) is 3.20. The largest absolute Gasteiger partial charge is 0.353 e. The monoisotopic (exact) mass is 524 g/mol. The van der Waals surface area contributed by atoms with Gasteiger partial charge in [-0.1, -0.05) is 64.2 Å². The van der Waals surface area contributed by atoms with Crippen LogP contribution >= 0.6 is 0 Å². The number of hydrogen-bond donors (Lipinski definition) is 0. The Labute approximate surface area is 231 Å². The fraction of sp³-hybridized carbons (Fsp3) is 0.879. The van der Waals surface area contributed by atoms with Crippen molar-refractivity contribution in [3.63, 3.8) is 0 Å². The Morgan fingerprint density at radius 2 is 1.42 bits per heavy atom. The third-order valence-electron chi connectivity index (χ3n) is 12.1. The molecule has 2 aliphatic heterocycles. The van der Waals surface area contributed by atoms with Crippen LogP contribution in [0.25, 0.3) is 0 Å². The van der Waals surface area contributed by atoms with Crippen molar-refractivity contribution in [1.29, 1.82) is 0 Å². The van der Waals surface area contributed by atoms with Crippen molar-refractivity contribution < 1.29 is 9.66 Å². The van der Waals surface area contributed by atoms with Crippen LogP contribution in [-0.2, 0) is 4.74 Å². The molecule has 0 spiro atoms. The highest BCUT2D eigenvalue weighted by Gasteiger charge is 2.66. The molecule has 2 saturated heterocycles. The van der Waals surface area contributed by atoms with E-state index < -0.39 is 0 Å². The third kappa shape index (κ3) is 4.93. The zero-order valence-corrected chi connectivity index (χ0v) is 24.1. The lowest BCUT2D eigenvalue weighted by atomic mass is 9.67. The van der Waals surface area contributed by atoms with E-state index in [1.165, 1.54) is 83.5 Å². The summed E-state index contributed by atoms with van der Waals surface area (Å²) in [5, 5.41) is 11.6. The van der Waals surface area contributed by atoms with Crippen LogP contribution in [0, 0.1) is 45.1 Å². The predicted molar refractivity (Wildman–Crippen MR) is 152 cm³/mol. The number of allylic oxidation sites excluding steroid dienone is 3. The van der Waals surface area contributed by atoms with Crippen molar-refractivity contribution in [1.82, 2.24) is 4.90 Å². The van der Waals surface area contributed by atoms with E-state index in [-0.39, 0.29) is 28.2 Å². The molecule has 0 radical (unpaired) electrons. The molecule has 0 amide bonds. The lowest BCUT2D eigenvalue weighted by molar-refractivity contribution is -0.530. The highest BCUT2D eigenvalue weighted by Crippen LogP contribution is 2.61. The van der Waals surface area contributed by atoms with Gasteiger partial charge in [0.1, 0.15) is 5.72 Å². The molecule has 0 aromatic rings. The van der Waals surface area contributed by atoms with Gasteiger partial charge in [0.05, 0.1) is 6.10 Å². The van der Waals surface area contributed by atoms with Gasteiger partial charge in [0.2, 0.25) is 6.04 Å². The van der Waals surface area contributed by atoms with Crippen molar-refractivity contribution in [2.45, 2.75) is 140 Å². The van der Waals surface area contributed by atoms with Gasteiger partial charge in [-0.3, -0.25) is 15.0 Å². The standard InChI is InChI=1S/C33H52N2O3/c1-32(2)29-10-6-7-11-30(29)34-23-27-22-28(35(36)37)18-19-31(27)38-33(32,34)21-20-26-16-14-25(15-17-26)13-12-24-8-4-3-5-9-24/h12-13,20-21,24-31H,3-11,14-19,22-23H2,1-2H3/b13-12+,21-20+. The number of nitro groups is 1. The van der Waals surface area contributed by atoms with E-state index in [1.54, 1.807) is 0 Å². The van der Waals surface area contributed by atoms with E-state index >= 15 is 0 Å². The smallest absolute Gasteiger partial charge is 0.213 e.